The number of hydrogen-bond acceptors (Lipinski definition) is 2. The fraction of sp³-hybridized carbons (Fsp3) is 0.806. The molecule has 0 saturated heterocycles. The van der Waals surface area contributed by atoms with Gasteiger partial charge in [0.15, 0.2) is 0 Å². The Morgan fingerprint density at radius 1 is 0.538 bits per heavy atom. The highest BCUT2D eigenvalue weighted by atomic mass is 79.9. The first-order valence-corrected chi connectivity index (χ1v) is 18.1. The van der Waals surface area contributed by atoms with Crippen LogP contribution in [-0.2, 0) is 9.53 Å². The largest absolute Gasteiger partial charge is 0.462 e. The summed E-state index contributed by atoms with van der Waals surface area (Å²) >= 11 is 3.45. The van der Waals surface area contributed by atoms with Crippen molar-refractivity contribution in [3.05, 3.63) is 36.5 Å². The number of carbonyl (C=O) groups is 1. The van der Waals surface area contributed by atoms with E-state index in [2.05, 4.69) is 66.2 Å². The zero-order valence-electron chi connectivity index (χ0n) is 26.1. The van der Waals surface area contributed by atoms with Gasteiger partial charge in [0.1, 0.15) is 6.10 Å². The van der Waals surface area contributed by atoms with Crippen LogP contribution in [0.25, 0.3) is 0 Å². The van der Waals surface area contributed by atoms with Gasteiger partial charge in [-0.15, -0.1) is 0 Å². The molecule has 0 amide bonds. The smallest absolute Gasteiger partial charge is 0.306 e. The molecule has 1 unspecified atom stereocenters. The van der Waals surface area contributed by atoms with Gasteiger partial charge in [-0.2, -0.15) is 0 Å². The van der Waals surface area contributed by atoms with Crippen LogP contribution in [0.1, 0.15) is 174 Å². The molecule has 0 fully saturated rings. The van der Waals surface area contributed by atoms with Crippen LogP contribution in [0, 0.1) is 0 Å². The van der Waals surface area contributed by atoms with Gasteiger partial charge >= 0.3 is 5.97 Å². The Hall–Kier alpha value is -0.830. The summed E-state index contributed by atoms with van der Waals surface area (Å²) < 4.78 is 5.89. The van der Waals surface area contributed by atoms with Crippen LogP contribution in [0.3, 0.4) is 0 Å². The lowest BCUT2D eigenvalue weighted by Gasteiger charge is -2.17. The highest BCUT2D eigenvalue weighted by molar-refractivity contribution is 9.09. The van der Waals surface area contributed by atoms with Crippen LogP contribution in [0.2, 0.25) is 0 Å². The number of halogens is 1. The second-order valence-electron chi connectivity index (χ2n) is 11.2. The molecular formula is C36H65BrO2. The maximum atomic E-state index is 12.3. The van der Waals surface area contributed by atoms with E-state index in [1.54, 1.807) is 0 Å². The van der Waals surface area contributed by atoms with Crippen LogP contribution >= 0.6 is 15.9 Å². The molecule has 0 N–H and O–H groups in total. The molecule has 0 aliphatic rings. The van der Waals surface area contributed by atoms with E-state index in [-0.39, 0.29) is 12.1 Å². The van der Waals surface area contributed by atoms with E-state index in [0.717, 1.165) is 50.3 Å². The summed E-state index contributed by atoms with van der Waals surface area (Å²) in [4.78, 5) is 12.3. The van der Waals surface area contributed by atoms with Crippen LogP contribution in [0.15, 0.2) is 36.5 Å². The Bertz CT molecular complexity index is 581. The fourth-order valence-electron chi connectivity index (χ4n) is 4.75. The fourth-order valence-corrected chi connectivity index (χ4v) is 5.15. The molecule has 3 heteroatoms. The summed E-state index contributed by atoms with van der Waals surface area (Å²) in [5, 5.41) is 0.956. The monoisotopic (exact) mass is 608 g/mol. The van der Waals surface area contributed by atoms with Gasteiger partial charge in [0.2, 0.25) is 0 Å². The maximum absolute atomic E-state index is 12.3. The minimum Gasteiger partial charge on any atom is -0.462 e. The summed E-state index contributed by atoms with van der Waals surface area (Å²) in [5.74, 6) is -0.0104. The number of unbranched alkanes of at least 4 members (excludes halogenated alkanes) is 16. The van der Waals surface area contributed by atoms with Crippen molar-refractivity contribution >= 4 is 21.9 Å². The Morgan fingerprint density at radius 3 is 1.46 bits per heavy atom. The Labute approximate surface area is 253 Å². The lowest BCUT2D eigenvalue weighted by Crippen LogP contribution is -2.18. The minimum atomic E-state index is -0.0104. The standard InChI is InChI=1S/C36H65BrO2/c1-3-5-7-9-11-13-14-15-16-17-18-19-20-22-24-26-28-32-35(39-36(38)33-29-30-34-37)31-27-25-23-21-12-10-8-6-4-2/h11-13,21,24,26,35H,3-10,14-20,22-23,25,27-34H2,1-2H3/b13-11-,21-12+,26-24+. The first kappa shape index (κ1) is 38.2. The van der Waals surface area contributed by atoms with Crippen molar-refractivity contribution in [3.63, 3.8) is 0 Å². The molecule has 0 bridgehead atoms. The average Bonchev–Trinajstić information content (AvgIpc) is 2.93. The number of alkyl halides is 1. The molecule has 228 valence electrons. The third-order valence-electron chi connectivity index (χ3n) is 7.31. The molecule has 0 aromatic rings. The average molecular weight is 610 g/mol. The number of allylic oxidation sites excluding steroid dienone is 6. The molecule has 0 aliphatic carbocycles. The number of ether oxygens (including phenoxy) is 1. The summed E-state index contributed by atoms with van der Waals surface area (Å²) in [7, 11) is 0. The van der Waals surface area contributed by atoms with Crippen molar-refractivity contribution in [2.75, 3.05) is 5.33 Å². The number of hydrogen-bond donors (Lipinski definition) is 0. The maximum Gasteiger partial charge on any atom is 0.306 e. The van der Waals surface area contributed by atoms with Crippen molar-refractivity contribution < 1.29 is 9.53 Å². The zero-order chi connectivity index (χ0) is 28.5. The van der Waals surface area contributed by atoms with E-state index in [1.165, 1.54) is 109 Å². The second kappa shape index (κ2) is 33.4. The Kier molecular flexibility index (Phi) is 32.7. The topological polar surface area (TPSA) is 26.3 Å². The van der Waals surface area contributed by atoms with Gasteiger partial charge in [-0.3, -0.25) is 4.79 Å². The summed E-state index contributed by atoms with van der Waals surface area (Å²) in [6, 6.07) is 0. The van der Waals surface area contributed by atoms with E-state index >= 15 is 0 Å². The van der Waals surface area contributed by atoms with E-state index < -0.39 is 0 Å². The predicted octanol–water partition coefficient (Wildman–Crippen LogP) is 12.8. The Balaban J connectivity index is 3.95. The molecule has 2 nitrogen and oxygen atoms in total. The van der Waals surface area contributed by atoms with Gasteiger partial charge in [0.05, 0.1) is 0 Å². The molecule has 0 radical (unpaired) electrons. The second-order valence-corrected chi connectivity index (χ2v) is 12.0. The summed E-state index contributed by atoms with van der Waals surface area (Å²) in [6.07, 6.45) is 44.1. The molecule has 0 rings (SSSR count). The molecule has 0 saturated carbocycles. The van der Waals surface area contributed by atoms with E-state index in [4.69, 9.17) is 4.74 Å². The minimum absolute atomic E-state index is 0.0104. The highest BCUT2D eigenvalue weighted by Crippen LogP contribution is 2.16. The van der Waals surface area contributed by atoms with Crippen molar-refractivity contribution in [2.45, 2.75) is 180 Å². The van der Waals surface area contributed by atoms with E-state index in [1.807, 2.05) is 0 Å². The van der Waals surface area contributed by atoms with E-state index in [9.17, 15) is 4.79 Å². The van der Waals surface area contributed by atoms with Crippen LogP contribution in [0.5, 0.6) is 0 Å². The molecule has 0 heterocycles. The molecule has 0 spiro atoms. The number of carbonyl (C=O) groups excluding carboxylic acids is 1. The lowest BCUT2D eigenvalue weighted by atomic mass is 10.0. The van der Waals surface area contributed by atoms with Gasteiger partial charge in [-0.25, -0.2) is 0 Å². The van der Waals surface area contributed by atoms with Gasteiger partial charge < -0.3 is 4.74 Å². The normalized spacial score (nSPS) is 12.8. The van der Waals surface area contributed by atoms with Crippen molar-refractivity contribution in [1.82, 2.24) is 0 Å². The molecule has 1 atom stereocenters. The van der Waals surface area contributed by atoms with Gasteiger partial charge in [0, 0.05) is 11.8 Å². The lowest BCUT2D eigenvalue weighted by molar-refractivity contribution is -0.149. The van der Waals surface area contributed by atoms with Gasteiger partial charge in [-0.05, 0) is 103 Å². The molecule has 0 aromatic heterocycles. The third kappa shape index (κ3) is 31.6. The number of esters is 1. The first-order valence-electron chi connectivity index (χ1n) is 16.9. The SMILES string of the molecule is CCCCC/C=C\CCCCCCCC/C=C/CCC(CCCC/C=C/CCCCC)OC(=O)CCCCBr. The molecule has 39 heavy (non-hydrogen) atoms. The first-order chi connectivity index (χ1) is 19.2. The molecule has 0 aromatic carbocycles. The summed E-state index contributed by atoms with van der Waals surface area (Å²) in [6.45, 7) is 4.52. The van der Waals surface area contributed by atoms with Crippen molar-refractivity contribution in [1.29, 1.82) is 0 Å². The van der Waals surface area contributed by atoms with Crippen molar-refractivity contribution in [2.24, 2.45) is 0 Å². The van der Waals surface area contributed by atoms with Gasteiger partial charge in [0.25, 0.3) is 0 Å². The van der Waals surface area contributed by atoms with Gasteiger partial charge in [-0.1, -0.05) is 118 Å². The summed E-state index contributed by atoms with van der Waals surface area (Å²) in [5.41, 5.74) is 0. The third-order valence-corrected chi connectivity index (χ3v) is 7.87. The van der Waals surface area contributed by atoms with Crippen LogP contribution < -0.4 is 0 Å². The van der Waals surface area contributed by atoms with E-state index in [0.29, 0.717) is 6.42 Å². The Morgan fingerprint density at radius 2 is 0.974 bits per heavy atom. The predicted molar refractivity (Wildman–Crippen MR) is 178 cm³/mol. The van der Waals surface area contributed by atoms with Crippen LogP contribution in [-0.4, -0.2) is 17.4 Å². The molecule has 0 aliphatic heterocycles. The molecular weight excluding hydrogens is 544 g/mol. The zero-order valence-corrected chi connectivity index (χ0v) is 27.7. The quantitative estimate of drug-likeness (QED) is 0.0350. The number of rotatable bonds is 30. The van der Waals surface area contributed by atoms with Crippen LogP contribution in [0.4, 0.5) is 0 Å². The van der Waals surface area contributed by atoms with Crippen molar-refractivity contribution in [3.8, 4) is 0 Å². The highest BCUT2D eigenvalue weighted by Gasteiger charge is 2.13.